The Morgan fingerprint density at radius 2 is 1.90 bits per heavy atom. The number of nitrogens with one attached hydrogen (secondary N) is 2. The number of ether oxygens (including phenoxy) is 2. The SMILES string of the molecule is CCCCCNC(=NCC1(OC)CCOCC1)NCC.I. The predicted octanol–water partition coefficient (Wildman–Crippen LogP) is 2.55. The molecule has 1 aliphatic rings. The Hall–Kier alpha value is -0.0800. The van der Waals surface area contributed by atoms with Crippen molar-refractivity contribution >= 4 is 29.9 Å². The second kappa shape index (κ2) is 12.5. The largest absolute Gasteiger partial charge is 0.381 e. The lowest BCUT2D eigenvalue weighted by Crippen LogP contribution is -2.44. The van der Waals surface area contributed by atoms with Gasteiger partial charge in [-0.2, -0.15) is 0 Å². The number of hydrogen-bond donors (Lipinski definition) is 2. The lowest BCUT2D eigenvalue weighted by Gasteiger charge is -2.34. The fourth-order valence-corrected chi connectivity index (χ4v) is 2.32. The number of aliphatic imine (C=N–C) groups is 1. The molecule has 0 aromatic carbocycles. The van der Waals surface area contributed by atoms with Crippen molar-refractivity contribution in [2.75, 3.05) is 40.0 Å². The van der Waals surface area contributed by atoms with Gasteiger partial charge >= 0.3 is 0 Å². The van der Waals surface area contributed by atoms with Crippen molar-refractivity contribution in [3.8, 4) is 0 Å². The summed E-state index contributed by atoms with van der Waals surface area (Å²) in [6.45, 7) is 8.38. The molecule has 21 heavy (non-hydrogen) atoms. The number of hydrogen-bond acceptors (Lipinski definition) is 3. The van der Waals surface area contributed by atoms with Crippen molar-refractivity contribution in [1.29, 1.82) is 0 Å². The van der Waals surface area contributed by atoms with E-state index in [-0.39, 0.29) is 29.6 Å². The van der Waals surface area contributed by atoms with Crippen LogP contribution < -0.4 is 10.6 Å². The summed E-state index contributed by atoms with van der Waals surface area (Å²) in [4.78, 5) is 4.69. The van der Waals surface area contributed by atoms with Gasteiger partial charge < -0.3 is 20.1 Å². The van der Waals surface area contributed by atoms with E-state index in [4.69, 9.17) is 14.5 Å². The van der Waals surface area contributed by atoms with Crippen molar-refractivity contribution in [3.05, 3.63) is 0 Å². The monoisotopic (exact) mass is 413 g/mol. The van der Waals surface area contributed by atoms with Crippen LogP contribution in [0.5, 0.6) is 0 Å². The zero-order valence-corrected chi connectivity index (χ0v) is 16.1. The van der Waals surface area contributed by atoms with Gasteiger partial charge in [-0.1, -0.05) is 19.8 Å². The van der Waals surface area contributed by atoms with Gasteiger partial charge in [0.05, 0.1) is 12.1 Å². The minimum absolute atomic E-state index is 0. The minimum atomic E-state index is -0.149. The van der Waals surface area contributed by atoms with Gasteiger partial charge in [-0.3, -0.25) is 4.99 Å². The van der Waals surface area contributed by atoms with Gasteiger partial charge in [-0.25, -0.2) is 0 Å². The fraction of sp³-hybridized carbons (Fsp3) is 0.933. The van der Waals surface area contributed by atoms with Crippen molar-refractivity contribution in [2.45, 2.75) is 51.6 Å². The van der Waals surface area contributed by atoms with E-state index in [1.165, 1.54) is 19.3 Å². The van der Waals surface area contributed by atoms with Gasteiger partial charge in [0.1, 0.15) is 0 Å². The molecule has 5 nitrogen and oxygen atoms in total. The smallest absolute Gasteiger partial charge is 0.191 e. The number of halogens is 1. The highest BCUT2D eigenvalue weighted by molar-refractivity contribution is 14.0. The summed E-state index contributed by atoms with van der Waals surface area (Å²) in [6, 6.07) is 0. The van der Waals surface area contributed by atoms with Gasteiger partial charge in [-0.05, 0) is 13.3 Å². The van der Waals surface area contributed by atoms with Gasteiger partial charge in [-0.15, -0.1) is 24.0 Å². The van der Waals surface area contributed by atoms with Crippen LogP contribution in [0.4, 0.5) is 0 Å². The lowest BCUT2D eigenvalue weighted by molar-refractivity contribution is -0.0828. The minimum Gasteiger partial charge on any atom is -0.381 e. The maximum absolute atomic E-state index is 5.71. The van der Waals surface area contributed by atoms with Crippen molar-refractivity contribution in [3.63, 3.8) is 0 Å². The molecule has 0 aromatic rings. The molecule has 6 heteroatoms. The highest BCUT2D eigenvalue weighted by Crippen LogP contribution is 2.24. The van der Waals surface area contributed by atoms with Gasteiger partial charge in [0.15, 0.2) is 5.96 Å². The first-order valence-electron chi connectivity index (χ1n) is 7.91. The Bertz CT molecular complexity index is 282. The molecule has 1 rings (SSSR count). The zero-order chi connectivity index (χ0) is 14.7. The van der Waals surface area contributed by atoms with Crippen LogP contribution in [0.15, 0.2) is 4.99 Å². The highest BCUT2D eigenvalue weighted by atomic mass is 127. The van der Waals surface area contributed by atoms with E-state index >= 15 is 0 Å². The first-order valence-corrected chi connectivity index (χ1v) is 7.91. The predicted molar refractivity (Wildman–Crippen MR) is 98.7 cm³/mol. The van der Waals surface area contributed by atoms with E-state index in [2.05, 4.69) is 24.5 Å². The van der Waals surface area contributed by atoms with Crippen LogP contribution in [0.1, 0.15) is 46.0 Å². The number of nitrogens with zero attached hydrogens (tertiary/aromatic N) is 1. The van der Waals surface area contributed by atoms with E-state index in [1.807, 2.05) is 0 Å². The first-order chi connectivity index (χ1) is 9.76. The van der Waals surface area contributed by atoms with Crippen molar-refractivity contribution < 1.29 is 9.47 Å². The topological polar surface area (TPSA) is 54.9 Å². The summed E-state index contributed by atoms with van der Waals surface area (Å²) < 4.78 is 11.1. The normalized spacial score (nSPS) is 18.0. The molecule has 126 valence electrons. The quantitative estimate of drug-likeness (QED) is 0.278. The third-order valence-corrected chi connectivity index (χ3v) is 3.78. The summed E-state index contributed by atoms with van der Waals surface area (Å²) in [6.07, 6.45) is 5.52. The Balaban J connectivity index is 0.00000400. The molecule has 1 fully saturated rings. The van der Waals surface area contributed by atoms with E-state index in [0.29, 0.717) is 6.54 Å². The van der Waals surface area contributed by atoms with E-state index in [0.717, 1.165) is 45.1 Å². The number of rotatable bonds is 8. The molecule has 0 saturated carbocycles. The molecule has 0 bridgehead atoms. The van der Waals surface area contributed by atoms with Crippen LogP contribution in [-0.4, -0.2) is 51.5 Å². The van der Waals surface area contributed by atoms with Crippen LogP contribution in [-0.2, 0) is 9.47 Å². The number of unbranched alkanes of at least 4 members (excludes halogenated alkanes) is 2. The van der Waals surface area contributed by atoms with E-state index in [9.17, 15) is 0 Å². The molecular formula is C15H32IN3O2. The third kappa shape index (κ3) is 8.21. The highest BCUT2D eigenvalue weighted by Gasteiger charge is 2.32. The van der Waals surface area contributed by atoms with E-state index in [1.54, 1.807) is 7.11 Å². The molecule has 0 aliphatic carbocycles. The van der Waals surface area contributed by atoms with Crippen molar-refractivity contribution in [2.24, 2.45) is 4.99 Å². The molecule has 0 amide bonds. The molecule has 0 aromatic heterocycles. The molecule has 1 heterocycles. The number of guanidine groups is 1. The maximum Gasteiger partial charge on any atom is 0.191 e. The maximum atomic E-state index is 5.71. The first kappa shape index (κ1) is 20.9. The molecule has 2 N–H and O–H groups in total. The molecule has 0 unspecified atom stereocenters. The molecular weight excluding hydrogens is 381 g/mol. The van der Waals surface area contributed by atoms with E-state index < -0.39 is 0 Å². The van der Waals surface area contributed by atoms with Crippen LogP contribution in [0.2, 0.25) is 0 Å². The Morgan fingerprint density at radius 3 is 2.48 bits per heavy atom. The van der Waals surface area contributed by atoms with Crippen LogP contribution in [0.25, 0.3) is 0 Å². The summed E-state index contributed by atoms with van der Waals surface area (Å²) in [5.74, 6) is 0.895. The summed E-state index contributed by atoms with van der Waals surface area (Å²) in [5, 5.41) is 6.68. The van der Waals surface area contributed by atoms with Crippen LogP contribution in [0, 0.1) is 0 Å². The molecule has 1 saturated heterocycles. The second-order valence-electron chi connectivity index (χ2n) is 5.33. The van der Waals surface area contributed by atoms with Gasteiger partial charge in [0.2, 0.25) is 0 Å². The number of methoxy groups -OCH3 is 1. The molecule has 0 atom stereocenters. The van der Waals surface area contributed by atoms with Gasteiger partial charge in [0.25, 0.3) is 0 Å². The summed E-state index contributed by atoms with van der Waals surface area (Å²) >= 11 is 0. The Morgan fingerprint density at radius 1 is 1.19 bits per heavy atom. The fourth-order valence-electron chi connectivity index (χ4n) is 2.32. The van der Waals surface area contributed by atoms with Crippen LogP contribution in [0.3, 0.4) is 0 Å². The molecule has 1 aliphatic heterocycles. The summed E-state index contributed by atoms with van der Waals surface area (Å²) in [7, 11) is 1.78. The Labute approximate surface area is 146 Å². The zero-order valence-electron chi connectivity index (χ0n) is 13.7. The Kier molecular flexibility index (Phi) is 12.4. The standard InChI is InChI=1S/C15H31N3O2.HI/c1-4-6-7-10-17-14(16-5-2)18-13-15(19-3)8-11-20-12-9-15;/h4-13H2,1-3H3,(H2,16,17,18);1H. The summed E-state index contributed by atoms with van der Waals surface area (Å²) in [5.41, 5.74) is -0.149. The van der Waals surface area contributed by atoms with Crippen molar-refractivity contribution in [1.82, 2.24) is 10.6 Å². The molecule has 0 radical (unpaired) electrons. The lowest BCUT2D eigenvalue weighted by atomic mass is 9.94. The molecule has 0 spiro atoms. The third-order valence-electron chi connectivity index (χ3n) is 3.78. The second-order valence-corrected chi connectivity index (χ2v) is 5.33. The average molecular weight is 413 g/mol. The van der Waals surface area contributed by atoms with Crippen LogP contribution >= 0.6 is 24.0 Å². The average Bonchev–Trinajstić information content (AvgIpc) is 2.50. The van der Waals surface area contributed by atoms with Gasteiger partial charge in [0, 0.05) is 46.3 Å².